The van der Waals surface area contributed by atoms with Crippen molar-refractivity contribution < 1.29 is 28.7 Å². The number of likely N-dealkylation sites (tertiary alicyclic amines) is 1. The van der Waals surface area contributed by atoms with E-state index in [0.29, 0.717) is 59.2 Å². The molecule has 0 bridgehead atoms. The van der Waals surface area contributed by atoms with Gasteiger partial charge in [-0.05, 0) is 78.9 Å². The topological polar surface area (TPSA) is 152 Å². The third kappa shape index (κ3) is 6.23. The molecule has 8 rings (SSSR count). The molecule has 55 heavy (non-hydrogen) atoms. The quantitative estimate of drug-likeness (QED) is 0.296. The van der Waals surface area contributed by atoms with Crippen molar-refractivity contribution in [1.82, 2.24) is 20.0 Å². The van der Waals surface area contributed by atoms with Crippen LogP contribution in [0, 0.1) is 22.2 Å². The summed E-state index contributed by atoms with van der Waals surface area (Å²) < 4.78 is 6.42. The molecular formula is C42H43ClN6O6. The minimum Gasteiger partial charge on any atom is -0.489 e. The van der Waals surface area contributed by atoms with Crippen molar-refractivity contribution in [3.05, 3.63) is 93.0 Å². The number of hydrogen-bond donors (Lipinski definition) is 2. The lowest BCUT2D eigenvalue weighted by molar-refractivity contribution is -0.147. The Balaban J connectivity index is 0.846. The van der Waals surface area contributed by atoms with Crippen LogP contribution in [0.25, 0.3) is 0 Å². The molecule has 0 radical (unpaired) electrons. The van der Waals surface area contributed by atoms with Gasteiger partial charge in [-0.1, -0.05) is 39.3 Å². The summed E-state index contributed by atoms with van der Waals surface area (Å²) in [6.07, 6.45) is 1.72. The highest BCUT2D eigenvalue weighted by atomic mass is 35.5. The van der Waals surface area contributed by atoms with Gasteiger partial charge in [0.25, 0.3) is 17.7 Å². The fourth-order valence-corrected chi connectivity index (χ4v) is 9.95. The first-order valence-corrected chi connectivity index (χ1v) is 19.2. The monoisotopic (exact) mass is 762 g/mol. The first-order valence-electron chi connectivity index (χ1n) is 18.8. The van der Waals surface area contributed by atoms with Crippen LogP contribution in [-0.2, 0) is 22.7 Å². The fraction of sp³-hybridized carbons (Fsp3) is 0.429. The lowest BCUT2D eigenvalue weighted by Crippen LogP contribution is -2.72. The largest absolute Gasteiger partial charge is 0.489 e. The van der Waals surface area contributed by atoms with Gasteiger partial charge in [-0.25, -0.2) is 0 Å². The van der Waals surface area contributed by atoms with Crippen LogP contribution >= 0.6 is 11.6 Å². The van der Waals surface area contributed by atoms with E-state index in [4.69, 9.17) is 16.3 Å². The number of nitrogens with zero attached hydrogens (tertiary/aromatic N) is 4. The molecule has 5 aliphatic rings. The highest BCUT2D eigenvalue weighted by Gasteiger charge is 2.63. The van der Waals surface area contributed by atoms with Crippen molar-refractivity contribution in [3.8, 4) is 11.8 Å². The van der Waals surface area contributed by atoms with E-state index in [9.17, 15) is 29.2 Å². The molecule has 0 aromatic heterocycles. The van der Waals surface area contributed by atoms with Gasteiger partial charge < -0.3 is 15.0 Å². The summed E-state index contributed by atoms with van der Waals surface area (Å²) in [6.45, 7) is 11.2. The van der Waals surface area contributed by atoms with Gasteiger partial charge in [-0.3, -0.25) is 39.1 Å². The van der Waals surface area contributed by atoms with Crippen LogP contribution < -0.4 is 15.4 Å². The molecule has 13 heteroatoms. The van der Waals surface area contributed by atoms with E-state index >= 15 is 0 Å². The average Bonchev–Trinajstić information content (AvgIpc) is 3.69. The van der Waals surface area contributed by atoms with E-state index in [-0.39, 0.29) is 47.8 Å². The number of halogens is 1. The standard InChI is InChI=1S/C42H43ClN6O6/c1-41(2)39(42(3,4)40(41)55-29-10-7-24(20-44)32(43)19-29)45-27-8-5-23(6-9-27)36(52)47-15-13-28(14-16-47)48-21-25-17-30-31(18-26(25)22-48)38(54)49(37(30)53)33-11-12-34(50)46-35(33)51/h5-10,17-19,28,33,39-40,45H,11-16,21-22H2,1-4H3,(H,46,50,51)/t33?,39-,40-. The number of amides is 5. The predicted octanol–water partition coefficient (Wildman–Crippen LogP) is 5.53. The average molecular weight is 763 g/mol. The van der Waals surface area contributed by atoms with Crippen LogP contribution in [0.4, 0.5) is 5.69 Å². The number of hydrogen-bond acceptors (Lipinski definition) is 9. The molecule has 1 atom stereocenters. The molecule has 4 heterocycles. The molecule has 1 unspecified atom stereocenters. The summed E-state index contributed by atoms with van der Waals surface area (Å²) in [6, 6.07) is 17.8. The number of fused-ring (bicyclic) bond motifs is 2. The maximum atomic E-state index is 13.6. The third-order valence-electron chi connectivity index (χ3n) is 12.4. The van der Waals surface area contributed by atoms with Crippen LogP contribution in [0.1, 0.15) is 101 Å². The summed E-state index contributed by atoms with van der Waals surface area (Å²) in [5.41, 5.74) is 4.11. The molecule has 5 amide bonds. The highest BCUT2D eigenvalue weighted by Crippen LogP contribution is 2.56. The van der Waals surface area contributed by atoms with Crippen molar-refractivity contribution in [2.45, 2.75) is 90.7 Å². The zero-order valence-electron chi connectivity index (χ0n) is 31.3. The van der Waals surface area contributed by atoms with Crippen LogP contribution in [0.2, 0.25) is 5.02 Å². The number of piperidine rings is 2. The van der Waals surface area contributed by atoms with Gasteiger partial charge >= 0.3 is 0 Å². The van der Waals surface area contributed by atoms with Crippen LogP contribution in [0.5, 0.6) is 5.75 Å². The van der Waals surface area contributed by atoms with Crippen molar-refractivity contribution in [1.29, 1.82) is 5.26 Å². The first-order chi connectivity index (χ1) is 26.2. The van der Waals surface area contributed by atoms with Gasteiger partial charge in [0.05, 0.1) is 21.7 Å². The summed E-state index contributed by atoms with van der Waals surface area (Å²) in [5, 5.41) is 15.5. The molecule has 3 fully saturated rings. The number of nitriles is 1. The number of carbonyl (C=O) groups excluding carboxylic acids is 5. The molecule has 1 aliphatic carbocycles. The molecule has 2 saturated heterocycles. The molecule has 284 valence electrons. The summed E-state index contributed by atoms with van der Waals surface area (Å²) >= 11 is 6.26. The lowest BCUT2D eigenvalue weighted by Gasteiger charge is -2.63. The second kappa shape index (κ2) is 13.5. The maximum absolute atomic E-state index is 13.6. The normalized spacial score (nSPS) is 24.5. The van der Waals surface area contributed by atoms with Crippen LogP contribution in [-0.4, -0.2) is 81.6 Å². The number of benzene rings is 3. The van der Waals surface area contributed by atoms with Gasteiger partial charge in [-0.2, -0.15) is 5.26 Å². The number of imide groups is 2. The fourth-order valence-electron chi connectivity index (χ4n) is 9.74. The number of rotatable bonds is 7. The second-order valence-electron chi connectivity index (χ2n) is 16.6. The molecular weight excluding hydrogens is 720 g/mol. The van der Waals surface area contributed by atoms with Crippen LogP contribution in [0.15, 0.2) is 54.6 Å². The maximum Gasteiger partial charge on any atom is 0.262 e. The Labute approximate surface area is 324 Å². The Bertz CT molecular complexity index is 2130. The Hall–Kier alpha value is -5.25. The van der Waals surface area contributed by atoms with E-state index in [0.717, 1.165) is 34.6 Å². The van der Waals surface area contributed by atoms with Crippen molar-refractivity contribution in [3.63, 3.8) is 0 Å². The predicted molar refractivity (Wildman–Crippen MR) is 203 cm³/mol. The van der Waals surface area contributed by atoms with Crippen molar-refractivity contribution in [2.24, 2.45) is 10.8 Å². The van der Waals surface area contributed by atoms with Gasteiger partial charge in [0.15, 0.2) is 0 Å². The van der Waals surface area contributed by atoms with Crippen molar-refractivity contribution in [2.75, 3.05) is 18.4 Å². The smallest absolute Gasteiger partial charge is 0.262 e. The SMILES string of the molecule is CC1(C)[C@H](Nc2ccc(C(=O)N3CCC(N4Cc5cc6c(cc5C4)C(=O)N(C4CCC(=O)NC4=O)C6=O)CC3)cc2)C(C)(C)[C@H]1Oc1ccc(C#N)c(Cl)c1. The zero-order valence-corrected chi connectivity index (χ0v) is 32.0. The Morgan fingerprint density at radius 3 is 2.07 bits per heavy atom. The summed E-state index contributed by atoms with van der Waals surface area (Å²) in [7, 11) is 0. The number of carbonyl (C=O) groups is 5. The zero-order chi connectivity index (χ0) is 39.0. The van der Waals surface area contributed by atoms with Crippen LogP contribution in [0.3, 0.4) is 0 Å². The van der Waals surface area contributed by atoms with E-state index in [1.165, 1.54) is 0 Å². The van der Waals surface area contributed by atoms with Gasteiger partial charge in [0.1, 0.15) is 24.0 Å². The minimum atomic E-state index is -0.983. The molecule has 1 saturated carbocycles. The molecule has 2 N–H and O–H groups in total. The van der Waals surface area contributed by atoms with E-state index in [2.05, 4.69) is 49.3 Å². The Kier molecular flexibility index (Phi) is 9.01. The Morgan fingerprint density at radius 1 is 0.891 bits per heavy atom. The van der Waals surface area contributed by atoms with E-state index in [1.54, 1.807) is 30.3 Å². The molecule has 4 aliphatic heterocycles. The van der Waals surface area contributed by atoms with Gasteiger partial charge in [0, 0.05) is 72.8 Å². The van der Waals surface area contributed by atoms with Crippen molar-refractivity contribution >= 4 is 46.8 Å². The molecule has 12 nitrogen and oxygen atoms in total. The van der Waals surface area contributed by atoms with Gasteiger partial charge in [-0.15, -0.1) is 0 Å². The molecule has 3 aromatic carbocycles. The Morgan fingerprint density at radius 2 is 1.51 bits per heavy atom. The number of anilines is 1. The highest BCUT2D eigenvalue weighted by molar-refractivity contribution is 6.31. The summed E-state index contributed by atoms with van der Waals surface area (Å²) in [5.74, 6) is -1.37. The minimum absolute atomic E-state index is 0.00238. The van der Waals surface area contributed by atoms with E-state index < -0.39 is 29.7 Å². The van der Waals surface area contributed by atoms with E-state index in [1.807, 2.05) is 29.2 Å². The number of nitrogens with one attached hydrogen (secondary N) is 2. The molecule has 3 aromatic rings. The molecule has 0 spiro atoms. The second-order valence-corrected chi connectivity index (χ2v) is 17.0. The first kappa shape index (κ1) is 36.7. The lowest BCUT2D eigenvalue weighted by atomic mass is 9.49. The number of ether oxygens (including phenoxy) is 1. The third-order valence-corrected chi connectivity index (χ3v) is 12.7. The summed E-state index contributed by atoms with van der Waals surface area (Å²) in [4.78, 5) is 69.6. The van der Waals surface area contributed by atoms with Gasteiger partial charge in [0.2, 0.25) is 11.8 Å².